The summed E-state index contributed by atoms with van der Waals surface area (Å²) in [6.07, 6.45) is 2.63. The molecule has 5 atom stereocenters. The van der Waals surface area contributed by atoms with Crippen LogP contribution in [0.3, 0.4) is 0 Å². The van der Waals surface area contributed by atoms with Crippen molar-refractivity contribution in [2.75, 3.05) is 16.5 Å². The first-order chi connectivity index (χ1) is 26.6. The van der Waals surface area contributed by atoms with Crippen LogP contribution in [-0.2, 0) is 33.0 Å². The number of anilines is 2. The van der Waals surface area contributed by atoms with E-state index in [9.17, 15) is 14.7 Å². The fraction of sp³-hybridized carbons (Fsp3) is 0.326. The molecule has 4 aromatic carbocycles. The molecule has 0 bridgehead atoms. The Morgan fingerprint density at radius 2 is 1.67 bits per heavy atom. The van der Waals surface area contributed by atoms with Crippen molar-refractivity contribution >= 4 is 37.3 Å². The van der Waals surface area contributed by atoms with Crippen molar-refractivity contribution in [3.05, 3.63) is 143 Å². The molecule has 0 aliphatic carbocycles. The molecule has 10 nitrogen and oxygen atoms in total. The van der Waals surface area contributed by atoms with Crippen molar-refractivity contribution in [1.82, 2.24) is 15.0 Å². The number of rotatable bonds is 11. The Kier molecular flexibility index (Phi) is 9.82. The number of aliphatic hydroxyl groups is 1. The third kappa shape index (κ3) is 6.72. The number of hydrogen-bond donors (Lipinski definition) is 1. The maximum absolute atomic E-state index is 16.5. The topological polar surface area (TPSA) is 113 Å². The van der Waals surface area contributed by atoms with Gasteiger partial charge >= 0.3 is 0 Å². The zero-order valence-corrected chi connectivity index (χ0v) is 32.3. The van der Waals surface area contributed by atoms with Crippen molar-refractivity contribution in [2.45, 2.75) is 75.5 Å². The van der Waals surface area contributed by atoms with E-state index in [2.05, 4.69) is 10.3 Å². The first-order valence-electron chi connectivity index (χ1n) is 19.0. The van der Waals surface area contributed by atoms with Gasteiger partial charge in [0.1, 0.15) is 0 Å². The first-order valence-corrected chi connectivity index (χ1v) is 21.9. The Morgan fingerprint density at radius 1 is 0.945 bits per heavy atom. The van der Waals surface area contributed by atoms with Crippen LogP contribution < -0.4 is 9.91 Å². The second-order valence-electron chi connectivity index (χ2n) is 15.3. The molecular formula is C43H45FN6O4Si. The van der Waals surface area contributed by atoms with E-state index in [-0.39, 0.29) is 30.9 Å². The van der Waals surface area contributed by atoms with Gasteiger partial charge in [0.05, 0.1) is 48.0 Å². The molecule has 1 N–H and O–H groups in total. The van der Waals surface area contributed by atoms with Crippen LogP contribution in [0.5, 0.6) is 0 Å². The monoisotopic (exact) mass is 756 g/mol. The second-order valence-corrected chi connectivity index (χ2v) is 19.1. The van der Waals surface area contributed by atoms with Gasteiger partial charge in [0, 0.05) is 42.6 Å². The van der Waals surface area contributed by atoms with E-state index < -0.39 is 31.6 Å². The summed E-state index contributed by atoms with van der Waals surface area (Å²) in [7, 11) is -3.38. The molecule has 2 amide bonds. The lowest BCUT2D eigenvalue weighted by molar-refractivity contribution is -0.146. The summed E-state index contributed by atoms with van der Waals surface area (Å²) in [6, 6.07) is 34.8. The molecule has 1 fully saturated rings. The summed E-state index contributed by atoms with van der Waals surface area (Å²) in [4.78, 5) is 29.8. The number of hydrogen-bond acceptors (Lipinski definition) is 7. The van der Waals surface area contributed by atoms with Gasteiger partial charge in [-0.3, -0.25) is 14.3 Å². The van der Waals surface area contributed by atoms with E-state index in [1.54, 1.807) is 22.7 Å². The minimum atomic E-state index is -3.38. The molecule has 3 aliphatic heterocycles. The van der Waals surface area contributed by atoms with E-state index in [0.717, 1.165) is 33.7 Å². The summed E-state index contributed by atoms with van der Waals surface area (Å²) in [5, 5.41) is 25.1. The Hall–Kier alpha value is -5.30. The minimum absolute atomic E-state index is 0.0897. The average Bonchev–Trinajstić information content (AvgIpc) is 3.85. The lowest BCUT2D eigenvalue weighted by Crippen LogP contribution is -2.45. The standard InChI is InChI=1S/C43H45FN6O4Si/c1-29-41(55(2,3)44)39(23-24-48-27-37(45-47-48)34(28-51)31-14-6-4-7-15-31)54-43(29)35-19-10-11-20-38(35)49(42(43)53)26-30-13-12-18-33(25-30)50-40(52)22-21-36(46-50)32-16-8-5-9-17-32/h4-20,25,27,29,34,39,41,51H,21-24,26,28H2,1-3H3/t29-,34?,39+,41-,43+/m1/s1. The SMILES string of the molecule is C[C@@H]1[C@@H]([Si](C)(C)F)[C@H](CCn2cc(C(CO)c3ccccc3)nn2)O[C@@]12C(=O)N(Cc1cccc(N3N=C(c4ccccc4)CCC3=O)c1)c1ccccc12. The number of aromatic nitrogens is 3. The zero-order chi connectivity index (χ0) is 38.3. The molecule has 5 aromatic rings. The van der Waals surface area contributed by atoms with E-state index >= 15 is 4.11 Å². The quantitative estimate of drug-likeness (QED) is 0.112. The Morgan fingerprint density at radius 3 is 2.42 bits per heavy atom. The van der Waals surface area contributed by atoms with Gasteiger partial charge in [-0.25, -0.2) is 5.01 Å². The molecule has 1 spiro atoms. The van der Waals surface area contributed by atoms with Crippen LogP contribution in [0.1, 0.15) is 60.1 Å². The largest absolute Gasteiger partial charge is 0.395 e. The van der Waals surface area contributed by atoms with E-state index in [0.29, 0.717) is 37.2 Å². The van der Waals surface area contributed by atoms with E-state index in [1.807, 2.05) is 122 Å². The number of fused-ring (bicyclic) bond motifs is 2. The van der Waals surface area contributed by atoms with Crippen LogP contribution in [0, 0.1) is 5.92 Å². The van der Waals surface area contributed by atoms with Crippen LogP contribution in [0.25, 0.3) is 0 Å². The van der Waals surface area contributed by atoms with Crippen LogP contribution in [0.15, 0.2) is 120 Å². The molecule has 55 heavy (non-hydrogen) atoms. The maximum atomic E-state index is 16.5. The predicted octanol–water partition coefficient (Wildman–Crippen LogP) is 7.35. The van der Waals surface area contributed by atoms with Gasteiger partial charge in [0.25, 0.3) is 5.91 Å². The number of halogens is 1. The number of para-hydroxylation sites is 1. The number of aliphatic hydroxyl groups excluding tert-OH is 1. The highest BCUT2D eigenvalue weighted by molar-refractivity contribution is 6.72. The molecular weight excluding hydrogens is 712 g/mol. The second kappa shape index (κ2) is 14.7. The molecule has 282 valence electrons. The van der Waals surface area contributed by atoms with Crippen molar-refractivity contribution in [3.8, 4) is 0 Å². The van der Waals surface area contributed by atoms with Crippen LogP contribution in [0.4, 0.5) is 15.5 Å². The number of hydrazone groups is 1. The summed E-state index contributed by atoms with van der Waals surface area (Å²) in [5.41, 5.74) is 4.52. The van der Waals surface area contributed by atoms with E-state index in [4.69, 9.17) is 9.84 Å². The van der Waals surface area contributed by atoms with Gasteiger partial charge in [0.2, 0.25) is 14.3 Å². The first kappa shape index (κ1) is 36.7. The molecule has 4 heterocycles. The molecule has 1 saturated heterocycles. The van der Waals surface area contributed by atoms with Gasteiger partial charge in [-0.2, -0.15) is 5.10 Å². The summed E-state index contributed by atoms with van der Waals surface area (Å²) in [5.74, 6) is -1.06. The Balaban J connectivity index is 1.05. The third-order valence-electron chi connectivity index (χ3n) is 11.4. The molecule has 12 heteroatoms. The van der Waals surface area contributed by atoms with Gasteiger partial charge in [-0.1, -0.05) is 103 Å². The smallest absolute Gasteiger partial charge is 0.264 e. The number of nitrogens with zero attached hydrogens (tertiary/aromatic N) is 6. The zero-order valence-electron chi connectivity index (χ0n) is 31.3. The molecule has 1 aromatic heterocycles. The molecule has 3 aliphatic rings. The number of carbonyl (C=O) groups is 2. The highest BCUT2D eigenvalue weighted by Gasteiger charge is 2.66. The molecule has 0 saturated carbocycles. The lowest BCUT2D eigenvalue weighted by atomic mass is 9.82. The van der Waals surface area contributed by atoms with Crippen LogP contribution in [-0.4, -0.2) is 58.7 Å². The normalized spacial score (nSPS) is 23.0. The van der Waals surface area contributed by atoms with Crippen molar-refractivity contribution < 1.29 is 23.5 Å². The number of ether oxygens (including phenoxy) is 1. The van der Waals surface area contributed by atoms with Crippen LogP contribution in [0.2, 0.25) is 18.6 Å². The number of benzene rings is 4. The van der Waals surface area contributed by atoms with Gasteiger partial charge in [-0.15, -0.1) is 5.10 Å². The van der Waals surface area contributed by atoms with Crippen molar-refractivity contribution in [1.29, 1.82) is 0 Å². The van der Waals surface area contributed by atoms with Crippen LogP contribution >= 0.6 is 0 Å². The average molecular weight is 757 g/mol. The number of carbonyl (C=O) groups excluding carboxylic acids is 2. The molecule has 0 radical (unpaired) electrons. The van der Waals surface area contributed by atoms with Crippen molar-refractivity contribution in [3.63, 3.8) is 0 Å². The highest BCUT2D eigenvalue weighted by atomic mass is 28.4. The Labute approximate surface area is 321 Å². The number of aryl methyl sites for hydroxylation is 1. The fourth-order valence-electron chi connectivity index (χ4n) is 8.89. The Bertz CT molecular complexity index is 2230. The maximum Gasteiger partial charge on any atom is 0.264 e. The highest BCUT2D eigenvalue weighted by Crippen LogP contribution is 2.60. The van der Waals surface area contributed by atoms with Gasteiger partial charge in [-0.05, 0) is 54.4 Å². The molecule has 8 rings (SSSR count). The number of amides is 2. The lowest BCUT2D eigenvalue weighted by Gasteiger charge is -2.31. The van der Waals surface area contributed by atoms with E-state index in [1.165, 1.54) is 5.01 Å². The van der Waals surface area contributed by atoms with Crippen molar-refractivity contribution in [2.24, 2.45) is 11.0 Å². The van der Waals surface area contributed by atoms with Gasteiger partial charge in [0.15, 0.2) is 5.60 Å². The predicted molar refractivity (Wildman–Crippen MR) is 212 cm³/mol. The summed E-state index contributed by atoms with van der Waals surface area (Å²) >= 11 is 0. The summed E-state index contributed by atoms with van der Waals surface area (Å²) in [6.45, 7) is 5.89. The minimum Gasteiger partial charge on any atom is -0.395 e. The third-order valence-corrected chi connectivity index (χ3v) is 13.9. The molecule has 1 unspecified atom stereocenters. The van der Waals surface area contributed by atoms with Gasteiger partial charge < -0.3 is 18.9 Å². The fourth-order valence-corrected chi connectivity index (χ4v) is 11.4. The summed E-state index contributed by atoms with van der Waals surface area (Å²) < 4.78 is 25.1.